The minimum Gasteiger partial charge on any atom is -0.244 e. The molecule has 0 atom stereocenters. The fourth-order valence-corrected chi connectivity index (χ4v) is 0.782. The lowest BCUT2D eigenvalue weighted by Crippen LogP contribution is -1.53. The van der Waals surface area contributed by atoms with Crippen LogP contribution in [0.2, 0.25) is 0 Å². The van der Waals surface area contributed by atoms with Gasteiger partial charge in [0.15, 0.2) is 0 Å². The van der Waals surface area contributed by atoms with E-state index in [-0.39, 0.29) is 0 Å². The number of aryl methyl sites for hydroxylation is 1. The maximum absolute atomic E-state index is 4.05. The third-order valence-corrected chi connectivity index (χ3v) is 1.29. The molecule has 0 aromatic carbocycles. The van der Waals surface area contributed by atoms with Crippen LogP contribution in [-0.2, 0) is 0 Å². The maximum atomic E-state index is 4.05. The Balaban J connectivity index is 2.77. The second kappa shape index (κ2) is 0.713. The summed E-state index contributed by atoms with van der Waals surface area (Å²) in [6, 6.07) is 4.14. The molecule has 1 nitrogen and oxygen atoms in total. The van der Waals surface area contributed by atoms with E-state index in [2.05, 4.69) is 18.0 Å². The molecule has 0 bridgehead atoms. The van der Waals surface area contributed by atoms with E-state index in [1.54, 1.807) is 0 Å². The van der Waals surface area contributed by atoms with Gasteiger partial charge in [-0.1, -0.05) is 6.07 Å². The number of fused-ring (bicyclic) bond motifs is 1. The topological polar surface area (TPSA) is 12.9 Å². The van der Waals surface area contributed by atoms with Crippen molar-refractivity contribution in [3.05, 3.63) is 17.7 Å². The predicted octanol–water partition coefficient (Wildman–Crippen LogP) is 1.37. The van der Waals surface area contributed by atoms with E-state index in [0.29, 0.717) is 0 Å². The molecule has 1 heterocycles. The van der Waals surface area contributed by atoms with Crippen molar-refractivity contribution < 1.29 is 0 Å². The lowest BCUT2D eigenvalue weighted by Gasteiger charge is -1.69. The van der Waals surface area contributed by atoms with E-state index in [1.165, 1.54) is 17.0 Å². The smallest absolute Gasteiger partial charge is 0.0923 e. The number of nitrogens with zero attached hydrogens (tertiary/aromatic N) is 1. The van der Waals surface area contributed by atoms with Gasteiger partial charge in [0, 0.05) is 0 Å². The van der Waals surface area contributed by atoms with E-state index in [9.17, 15) is 0 Å². The number of pyridine rings is 1. The molecule has 0 saturated carbocycles. The molecule has 0 unspecified atom stereocenters. The van der Waals surface area contributed by atoms with E-state index < -0.39 is 0 Å². The Labute approximate surface area is 42.0 Å². The molecule has 2 rings (SSSR count). The third-order valence-electron chi connectivity index (χ3n) is 1.29. The van der Waals surface area contributed by atoms with Crippen LogP contribution >= 0.6 is 0 Å². The highest BCUT2D eigenvalue weighted by atomic mass is 14.9. The van der Waals surface area contributed by atoms with Crippen LogP contribution in [0.3, 0.4) is 0 Å². The summed E-state index contributed by atoms with van der Waals surface area (Å²) in [5.74, 6) is 0. The van der Waals surface area contributed by atoms with Gasteiger partial charge in [-0.25, -0.2) is 4.98 Å². The highest BCUT2D eigenvalue weighted by Gasteiger charge is 2.16. The maximum Gasteiger partial charge on any atom is 0.0923 e. The lowest BCUT2D eigenvalue weighted by atomic mass is 10.4. The van der Waals surface area contributed by atoms with Gasteiger partial charge in [0.05, 0.1) is 11.4 Å². The van der Waals surface area contributed by atoms with Crippen LogP contribution in [0.25, 0.3) is 11.4 Å². The number of hydrogen-bond donors (Lipinski definition) is 0. The highest BCUT2D eigenvalue weighted by molar-refractivity contribution is 5.72. The number of hydrogen-bond acceptors (Lipinski definition) is 1. The molecule has 0 amide bonds. The molecule has 7 heavy (non-hydrogen) atoms. The highest BCUT2D eigenvalue weighted by Crippen LogP contribution is 2.30. The van der Waals surface area contributed by atoms with Crippen LogP contribution in [0.5, 0.6) is 0 Å². The molecule has 0 aromatic heterocycles. The van der Waals surface area contributed by atoms with Crippen molar-refractivity contribution in [3.8, 4) is 11.4 Å². The molecule has 0 saturated heterocycles. The average molecular weight is 91.1 g/mol. The van der Waals surface area contributed by atoms with E-state index in [0.717, 1.165) is 0 Å². The summed E-state index contributed by atoms with van der Waals surface area (Å²) < 4.78 is 0. The molecule has 1 aliphatic heterocycles. The summed E-state index contributed by atoms with van der Waals surface area (Å²) in [5, 5.41) is 0. The fraction of sp³-hybridized carbons (Fsp3) is 0.167. The van der Waals surface area contributed by atoms with Gasteiger partial charge in [0.25, 0.3) is 0 Å². The van der Waals surface area contributed by atoms with Gasteiger partial charge in [0.2, 0.25) is 0 Å². The summed E-state index contributed by atoms with van der Waals surface area (Å²) in [7, 11) is 0. The second-order valence-electron chi connectivity index (χ2n) is 1.86. The molecule has 0 N–H and O–H groups in total. The molecule has 0 aromatic rings. The molecule has 0 fully saturated rings. The van der Waals surface area contributed by atoms with Crippen molar-refractivity contribution in [1.29, 1.82) is 0 Å². The van der Waals surface area contributed by atoms with E-state index in [1.807, 2.05) is 6.07 Å². The molecule has 34 valence electrons. The van der Waals surface area contributed by atoms with Crippen molar-refractivity contribution in [3.63, 3.8) is 0 Å². The quantitative estimate of drug-likeness (QED) is 0.477. The molecular weight excluding hydrogens is 86.1 g/mol. The number of rotatable bonds is 0. The summed E-state index contributed by atoms with van der Waals surface area (Å²) in [6.07, 6.45) is 0. The normalized spacial score (nSPS) is 11.6. The Kier molecular flexibility index (Phi) is 0.325. The molecule has 0 radical (unpaired) electrons. The van der Waals surface area contributed by atoms with Crippen LogP contribution in [-0.4, -0.2) is 4.98 Å². The van der Waals surface area contributed by atoms with Crippen molar-refractivity contribution in [1.82, 2.24) is 4.98 Å². The van der Waals surface area contributed by atoms with Crippen LogP contribution in [0.4, 0.5) is 0 Å². The zero-order valence-corrected chi connectivity index (χ0v) is 4.10. The van der Waals surface area contributed by atoms with Crippen molar-refractivity contribution in [2.45, 2.75) is 6.92 Å². The SMILES string of the molecule is Cc1ccc2nc1-2. The Hall–Kier alpha value is -0.850. The van der Waals surface area contributed by atoms with Gasteiger partial charge in [-0.15, -0.1) is 0 Å². The minimum absolute atomic E-state index is 1.19. The Morgan fingerprint density at radius 2 is 2.29 bits per heavy atom. The van der Waals surface area contributed by atoms with Crippen LogP contribution < -0.4 is 0 Å². The first-order valence-electron chi connectivity index (χ1n) is 2.36. The molecule has 1 aliphatic carbocycles. The second-order valence-corrected chi connectivity index (χ2v) is 1.86. The van der Waals surface area contributed by atoms with Gasteiger partial charge in [0.1, 0.15) is 0 Å². The van der Waals surface area contributed by atoms with Gasteiger partial charge in [-0.2, -0.15) is 0 Å². The van der Waals surface area contributed by atoms with Crippen molar-refractivity contribution in [2.24, 2.45) is 0 Å². The van der Waals surface area contributed by atoms with Gasteiger partial charge in [-0.05, 0) is 18.6 Å². The fourth-order valence-electron chi connectivity index (χ4n) is 0.782. The van der Waals surface area contributed by atoms with Crippen LogP contribution in [0.1, 0.15) is 5.56 Å². The summed E-state index contributed by atoms with van der Waals surface area (Å²) in [5.41, 5.74) is 3.73. The molecule has 2 aliphatic rings. The first-order chi connectivity index (χ1) is 3.38. The van der Waals surface area contributed by atoms with Crippen molar-refractivity contribution >= 4 is 0 Å². The molecule has 1 heteroatoms. The van der Waals surface area contributed by atoms with Gasteiger partial charge in [-0.3, -0.25) is 0 Å². The van der Waals surface area contributed by atoms with Gasteiger partial charge < -0.3 is 0 Å². The predicted molar refractivity (Wildman–Crippen MR) is 28.0 cm³/mol. The van der Waals surface area contributed by atoms with Crippen LogP contribution in [0.15, 0.2) is 12.1 Å². The van der Waals surface area contributed by atoms with Crippen molar-refractivity contribution in [2.75, 3.05) is 0 Å². The number of aromatic nitrogens is 1. The Bertz CT molecular complexity index is 215. The molecular formula is C6H5N. The van der Waals surface area contributed by atoms with E-state index in [4.69, 9.17) is 0 Å². The lowest BCUT2D eigenvalue weighted by molar-refractivity contribution is 1.51. The largest absolute Gasteiger partial charge is 0.244 e. The van der Waals surface area contributed by atoms with E-state index >= 15 is 0 Å². The Morgan fingerprint density at radius 3 is 2.43 bits per heavy atom. The monoisotopic (exact) mass is 91.0 g/mol. The zero-order chi connectivity index (χ0) is 4.85. The first-order valence-corrected chi connectivity index (χ1v) is 2.36. The molecule has 0 spiro atoms. The Morgan fingerprint density at radius 1 is 1.43 bits per heavy atom. The summed E-state index contributed by atoms with van der Waals surface area (Å²) in [4.78, 5) is 4.05. The first kappa shape index (κ1) is 3.19. The van der Waals surface area contributed by atoms with Crippen LogP contribution in [0, 0.1) is 6.92 Å². The third kappa shape index (κ3) is 0.255. The average Bonchev–Trinajstić information content (AvgIpc) is 2.33. The summed E-state index contributed by atoms with van der Waals surface area (Å²) in [6.45, 7) is 2.08. The zero-order valence-electron chi connectivity index (χ0n) is 4.10. The van der Waals surface area contributed by atoms with Gasteiger partial charge >= 0.3 is 0 Å². The standard InChI is InChI=1S/C6H5N/c1-4-2-3-5-6(4)7-5/h2-3H,1H3. The minimum atomic E-state index is 1.19. The summed E-state index contributed by atoms with van der Waals surface area (Å²) >= 11 is 0.